The normalized spacial score (nSPS) is 23.3. The van der Waals surface area contributed by atoms with E-state index in [4.69, 9.17) is 0 Å². The molecule has 1 aromatic rings. The van der Waals surface area contributed by atoms with Gasteiger partial charge in [0.1, 0.15) is 0 Å². The van der Waals surface area contributed by atoms with Crippen LogP contribution >= 0.6 is 15.9 Å². The average Bonchev–Trinajstić information content (AvgIpc) is 2.33. The number of hydrogen-bond donors (Lipinski definition) is 0. The van der Waals surface area contributed by atoms with Gasteiger partial charge in [-0.2, -0.15) is 13.2 Å². The Morgan fingerprint density at radius 3 is 2.37 bits per heavy atom. The number of nitrogens with zero attached hydrogens (tertiary/aromatic N) is 1. The number of benzene rings is 1. The van der Waals surface area contributed by atoms with Crippen LogP contribution in [0.4, 0.5) is 13.2 Å². The molecule has 1 saturated heterocycles. The Hall–Kier alpha value is -0.550. The van der Waals surface area contributed by atoms with Crippen LogP contribution in [-0.4, -0.2) is 30.7 Å². The minimum absolute atomic E-state index is 0.356. The first-order valence-electron chi connectivity index (χ1n) is 6.42. The lowest BCUT2D eigenvalue weighted by atomic mass is 9.85. The first kappa shape index (κ1) is 14.9. The summed E-state index contributed by atoms with van der Waals surface area (Å²) in [5, 5.41) is 0. The second-order valence-corrected chi connectivity index (χ2v) is 6.03. The smallest absolute Gasteiger partial charge is 0.302 e. The fraction of sp³-hybridized carbons (Fsp3) is 0.571. The molecule has 1 aliphatic rings. The van der Waals surface area contributed by atoms with Gasteiger partial charge in [0.2, 0.25) is 0 Å². The van der Waals surface area contributed by atoms with Gasteiger partial charge in [-0.1, -0.05) is 34.5 Å². The van der Waals surface area contributed by atoms with E-state index in [0.717, 1.165) is 23.9 Å². The minimum atomic E-state index is -4.20. The largest absolute Gasteiger partial charge is 0.397 e. The van der Waals surface area contributed by atoms with E-state index in [0.29, 0.717) is 12.0 Å². The molecule has 5 heteroatoms. The van der Waals surface area contributed by atoms with Gasteiger partial charge >= 0.3 is 6.18 Å². The quantitative estimate of drug-likeness (QED) is 0.764. The molecule has 1 aromatic carbocycles. The van der Waals surface area contributed by atoms with E-state index in [2.05, 4.69) is 15.9 Å². The summed E-state index contributed by atoms with van der Waals surface area (Å²) in [6.07, 6.45) is -1.74. The summed E-state index contributed by atoms with van der Waals surface area (Å²) in [6.45, 7) is 0.744. The lowest BCUT2D eigenvalue weighted by Crippen LogP contribution is -2.45. The number of likely N-dealkylation sites (tertiary alicyclic amines) is 1. The van der Waals surface area contributed by atoms with Gasteiger partial charge < -0.3 is 4.90 Å². The molecule has 0 amide bonds. The lowest BCUT2D eigenvalue weighted by Gasteiger charge is -2.39. The highest BCUT2D eigenvalue weighted by molar-refractivity contribution is 9.10. The van der Waals surface area contributed by atoms with E-state index in [1.807, 2.05) is 4.90 Å². The van der Waals surface area contributed by atoms with Crippen molar-refractivity contribution in [2.45, 2.75) is 37.4 Å². The highest BCUT2D eigenvalue weighted by atomic mass is 79.9. The van der Waals surface area contributed by atoms with E-state index in [-0.39, 0.29) is 0 Å². The summed E-state index contributed by atoms with van der Waals surface area (Å²) in [5.74, 6) is -1.40. The Labute approximate surface area is 119 Å². The van der Waals surface area contributed by atoms with Crippen molar-refractivity contribution < 1.29 is 13.2 Å². The Balaban J connectivity index is 2.33. The molecule has 19 heavy (non-hydrogen) atoms. The molecule has 2 atom stereocenters. The minimum Gasteiger partial charge on any atom is -0.302 e. The van der Waals surface area contributed by atoms with Crippen molar-refractivity contribution in [2.75, 3.05) is 13.6 Å². The van der Waals surface area contributed by atoms with Crippen molar-refractivity contribution in [1.29, 1.82) is 0 Å². The van der Waals surface area contributed by atoms with Crippen LogP contribution in [0.5, 0.6) is 0 Å². The Kier molecular flexibility index (Phi) is 4.56. The molecule has 0 bridgehead atoms. The molecule has 1 nitrogen and oxygen atoms in total. The predicted octanol–water partition coefficient (Wildman–Crippen LogP) is 4.58. The number of likely N-dealkylation sites (N-methyl/N-ethyl adjacent to an activating group) is 1. The highest BCUT2D eigenvalue weighted by Crippen LogP contribution is 2.42. The van der Waals surface area contributed by atoms with Crippen LogP contribution in [0.2, 0.25) is 0 Å². The molecule has 0 aliphatic carbocycles. The summed E-state index contributed by atoms with van der Waals surface area (Å²) in [4.78, 5) is 1.85. The zero-order chi connectivity index (χ0) is 14.0. The number of alkyl halides is 3. The molecule has 2 rings (SSSR count). The Morgan fingerprint density at radius 2 is 1.84 bits per heavy atom. The van der Waals surface area contributed by atoms with Crippen LogP contribution in [-0.2, 0) is 0 Å². The maximum atomic E-state index is 13.4. The van der Waals surface area contributed by atoms with Crippen molar-refractivity contribution in [3.8, 4) is 0 Å². The molecule has 0 aromatic heterocycles. The van der Waals surface area contributed by atoms with Crippen LogP contribution in [0.3, 0.4) is 0 Å². The topological polar surface area (TPSA) is 3.24 Å². The number of piperidine rings is 1. The van der Waals surface area contributed by atoms with Gasteiger partial charge in [0.05, 0.1) is 5.92 Å². The first-order chi connectivity index (χ1) is 8.89. The van der Waals surface area contributed by atoms with Crippen LogP contribution in [0, 0.1) is 0 Å². The van der Waals surface area contributed by atoms with Crippen LogP contribution in [0.15, 0.2) is 28.7 Å². The number of halogens is 4. The number of rotatable bonds is 2. The standard InChI is InChI=1S/C14H17BrF3N/c1-19-9-3-2-4-12(19)13(14(16,17)18)10-5-7-11(15)8-6-10/h5-8,12-13H,2-4,9H2,1H3/t12?,13-/m0/s1. The van der Waals surface area contributed by atoms with E-state index in [1.54, 1.807) is 31.3 Å². The summed E-state index contributed by atoms with van der Waals surface area (Å²) < 4.78 is 41.1. The van der Waals surface area contributed by atoms with Crippen LogP contribution in [0.25, 0.3) is 0 Å². The fourth-order valence-electron chi connectivity index (χ4n) is 2.82. The van der Waals surface area contributed by atoms with Gasteiger partial charge in [0, 0.05) is 10.5 Å². The van der Waals surface area contributed by atoms with Crippen molar-refractivity contribution in [3.05, 3.63) is 34.3 Å². The summed E-state index contributed by atoms with van der Waals surface area (Å²) in [5.41, 5.74) is 0.356. The third-order valence-corrected chi connectivity index (χ3v) is 4.32. The molecule has 1 aliphatic heterocycles. The van der Waals surface area contributed by atoms with Gasteiger partial charge in [-0.25, -0.2) is 0 Å². The van der Waals surface area contributed by atoms with Gasteiger partial charge in [0.15, 0.2) is 0 Å². The van der Waals surface area contributed by atoms with Crippen LogP contribution in [0.1, 0.15) is 30.7 Å². The van der Waals surface area contributed by atoms with E-state index in [1.165, 1.54) is 0 Å². The average molecular weight is 336 g/mol. The molecule has 1 heterocycles. The second-order valence-electron chi connectivity index (χ2n) is 5.11. The molecule has 106 valence electrons. The lowest BCUT2D eigenvalue weighted by molar-refractivity contribution is -0.166. The molecule has 1 unspecified atom stereocenters. The third-order valence-electron chi connectivity index (χ3n) is 3.79. The van der Waals surface area contributed by atoms with Crippen molar-refractivity contribution >= 4 is 15.9 Å². The van der Waals surface area contributed by atoms with Crippen LogP contribution < -0.4 is 0 Å². The summed E-state index contributed by atoms with van der Waals surface area (Å²) in [6, 6.07) is 6.05. The molecule has 0 spiro atoms. The summed E-state index contributed by atoms with van der Waals surface area (Å²) >= 11 is 3.26. The molecule has 0 N–H and O–H groups in total. The van der Waals surface area contributed by atoms with E-state index in [9.17, 15) is 13.2 Å². The first-order valence-corrected chi connectivity index (χ1v) is 7.21. The third kappa shape index (κ3) is 3.51. The zero-order valence-electron chi connectivity index (χ0n) is 10.8. The van der Waals surface area contributed by atoms with Crippen molar-refractivity contribution in [2.24, 2.45) is 0 Å². The highest BCUT2D eigenvalue weighted by Gasteiger charge is 2.47. The van der Waals surface area contributed by atoms with Crippen molar-refractivity contribution in [1.82, 2.24) is 4.90 Å². The maximum Gasteiger partial charge on any atom is 0.397 e. The molecule has 1 fully saturated rings. The van der Waals surface area contributed by atoms with Gasteiger partial charge in [-0.05, 0) is 44.1 Å². The van der Waals surface area contributed by atoms with Crippen molar-refractivity contribution in [3.63, 3.8) is 0 Å². The number of hydrogen-bond acceptors (Lipinski definition) is 1. The molecule has 0 radical (unpaired) electrons. The molecule has 0 saturated carbocycles. The molecular weight excluding hydrogens is 319 g/mol. The van der Waals surface area contributed by atoms with E-state index >= 15 is 0 Å². The second kappa shape index (κ2) is 5.83. The maximum absolute atomic E-state index is 13.4. The summed E-state index contributed by atoms with van der Waals surface area (Å²) in [7, 11) is 1.79. The SMILES string of the molecule is CN1CCCCC1[C@H](c1ccc(Br)cc1)C(F)(F)F. The predicted molar refractivity (Wildman–Crippen MR) is 73.2 cm³/mol. The Morgan fingerprint density at radius 1 is 1.21 bits per heavy atom. The van der Waals surface area contributed by atoms with Gasteiger partial charge in [-0.3, -0.25) is 0 Å². The zero-order valence-corrected chi connectivity index (χ0v) is 12.3. The van der Waals surface area contributed by atoms with E-state index < -0.39 is 18.1 Å². The molecular formula is C14H17BrF3N. The van der Waals surface area contributed by atoms with Gasteiger partial charge in [-0.15, -0.1) is 0 Å². The monoisotopic (exact) mass is 335 g/mol. The van der Waals surface area contributed by atoms with Gasteiger partial charge in [0.25, 0.3) is 0 Å². The fourth-order valence-corrected chi connectivity index (χ4v) is 3.09. The Bertz CT molecular complexity index is 416.